The van der Waals surface area contributed by atoms with Crippen molar-refractivity contribution in [3.05, 3.63) is 70.5 Å². The van der Waals surface area contributed by atoms with Crippen molar-refractivity contribution >= 4 is 0 Å². The summed E-state index contributed by atoms with van der Waals surface area (Å²) >= 11 is 0. The number of benzene rings is 1. The Bertz CT molecular complexity index is 977. The fourth-order valence-corrected chi connectivity index (χ4v) is 4.36. The second kappa shape index (κ2) is 8.10. The van der Waals surface area contributed by atoms with Crippen molar-refractivity contribution in [3.63, 3.8) is 0 Å². The van der Waals surface area contributed by atoms with Crippen LogP contribution in [0.5, 0.6) is 0 Å². The number of hydrogen-bond acceptors (Lipinski definition) is 0. The number of nitrogens with zero attached hydrogens (tertiary/aromatic N) is 2. The van der Waals surface area contributed by atoms with E-state index in [-0.39, 0.29) is 0 Å². The van der Waals surface area contributed by atoms with Crippen LogP contribution in [0, 0.1) is 20.8 Å². The molecule has 3 aromatic rings. The highest BCUT2D eigenvalue weighted by Crippen LogP contribution is 2.36. The van der Waals surface area contributed by atoms with Crippen molar-refractivity contribution in [1.82, 2.24) is 0 Å². The molecule has 0 fully saturated rings. The average Bonchev–Trinajstić information content (AvgIpc) is 2.63. The van der Waals surface area contributed by atoms with E-state index in [4.69, 9.17) is 0 Å². The van der Waals surface area contributed by atoms with E-state index in [1.807, 2.05) is 0 Å². The minimum Gasteiger partial charge on any atom is -0.201 e. The first kappa shape index (κ1) is 21.2. The van der Waals surface area contributed by atoms with Crippen LogP contribution in [0.15, 0.2) is 42.7 Å². The Hall–Kier alpha value is -2.48. The minimum atomic E-state index is 0.515. The predicted octanol–water partition coefficient (Wildman–Crippen LogP) is 5.84. The molecule has 1 aromatic carbocycles. The summed E-state index contributed by atoms with van der Waals surface area (Å²) in [5, 5.41) is 0. The molecule has 0 saturated heterocycles. The molecular formula is C27H36N2+2. The molecule has 2 heteroatoms. The second-order valence-corrected chi connectivity index (χ2v) is 9.11. The Balaban J connectivity index is 2.33. The van der Waals surface area contributed by atoms with Crippen LogP contribution in [-0.4, -0.2) is 0 Å². The molecule has 0 unspecified atom stereocenters. The van der Waals surface area contributed by atoms with Crippen LogP contribution in [0.25, 0.3) is 22.5 Å². The summed E-state index contributed by atoms with van der Waals surface area (Å²) in [4.78, 5) is 0. The Morgan fingerprint density at radius 2 is 1.00 bits per heavy atom. The van der Waals surface area contributed by atoms with Crippen LogP contribution < -0.4 is 9.13 Å². The van der Waals surface area contributed by atoms with Gasteiger partial charge in [0.2, 0.25) is 11.4 Å². The second-order valence-electron chi connectivity index (χ2n) is 9.11. The Labute approximate surface area is 176 Å². The van der Waals surface area contributed by atoms with Crippen molar-refractivity contribution in [2.24, 2.45) is 14.1 Å². The van der Waals surface area contributed by atoms with Gasteiger partial charge in [-0.05, 0) is 60.4 Å². The van der Waals surface area contributed by atoms with E-state index in [9.17, 15) is 0 Å². The van der Waals surface area contributed by atoms with E-state index in [0.29, 0.717) is 11.8 Å². The lowest BCUT2D eigenvalue weighted by Crippen LogP contribution is -2.32. The van der Waals surface area contributed by atoms with Gasteiger partial charge < -0.3 is 0 Å². The first-order valence-electron chi connectivity index (χ1n) is 10.7. The first-order valence-corrected chi connectivity index (χ1v) is 10.7. The lowest BCUT2D eigenvalue weighted by molar-refractivity contribution is -0.660. The third kappa shape index (κ3) is 3.99. The van der Waals surface area contributed by atoms with Gasteiger partial charge in [0, 0.05) is 24.3 Å². The van der Waals surface area contributed by atoms with Crippen molar-refractivity contribution in [2.45, 2.75) is 60.3 Å². The van der Waals surface area contributed by atoms with Crippen LogP contribution in [0.1, 0.15) is 67.3 Å². The molecule has 152 valence electrons. The Morgan fingerprint density at radius 3 is 1.34 bits per heavy atom. The smallest absolute Gasteiger partial charge is 0.201 e. The lowest BCUT2D eigenvalue weighted by Gasteiger charge is -2.17. The standard InChI is InChI=1S/C27H36N2/c1-17(2)22-10-12-28(8)24(15-22)26-19(5)14-20(6)27(21(26)7)25-16-23(18(3)4)11-13-29(25)9/h10-18H,1-9H3/q+2. The maximum absolute atomic E-state index is 2.36. The lowest BCUT2D eigenvalue weighted by atomic mass is 9.88. The van der Waals surface area contributed by atoms with Gasteiger partial charge in [0.15, 0.2) is 12.4 Å². The van der Waals surface area contributed by atoms with Gasteiger partial charge >= 0.3 is 0 Å². The highest BCUT2D eigenvalue weighted by molar-refractivity contribution is 5.78. The number of aromatic nitrogens is 2. The average molecular weight is 389 g/mol. The first-order chi connectivity index (χ1) is 13.6. The SMILES string of the molecule is Cc1cc(C)c(-c2cc(C(C)C)cc[n+]2C)c(C)c1-c1cc(C(C)C)cc[n+]1C. The van der Waals surface area contributed by atoms with E-state index in [2.05, 4.69) is 114 Å². The zero-order chi connectivity index (χ0) is 21.5. The molecule has 0 N–H and O–H groups in total. The van der Waals surface area contributed by atoms with E-state index < -0.39 is 0 Å². The maximum atomic E-state index is 2.36. The largest absolute Gasteiger partial charge is 0.213 e. The summed E-state index contributed by atoms with van der Waals surface area (Å²) in [7, 11) is 4.30. The molecule has 0 aliphatic carbocycles. The van der Waals surface area contributed by atoms with Gasteiger partial charge in [-0.15, -0.1) is 0 Å². The molecular weight excluding hydrogens is 352 g/mol. The molecule has 2 aromatic heterocycles. The van der Waals surface area contributed by atoms with Crippen molar-refractivity contribution < 1.29 is 9.13 Å². The van der Waals surface area contributed by atoms with Gasteiger partial charge in [-0.1, -0.05) is 33.8 Å². The fourth-order valence-electron chi connectivity index (χ4n) is 4.36. The molecule has 0 aliphatic rings. The number of pyridine rings is 2. The number of rotatable bonds is 4. The molecule has 0 radical (unpaired) electrons. The molecule has 0 bridgehead atoms. The van der Waals surface area contributed by atoms with E-state index in [1.54, 1.807) is 0 Å². The summed E-state index contributed by atoms with van der Waals surface area (Å²) in [6.07, 6.45) is 4.39. The van der Waals surface area contributed by atoms with Gasteiger partial charge in [0.25, 0.3) is 0 Å². The molecule has 0 amide bonds. The van der Waals surface area contributed by atoms with E-state index in [1.165, 1.54) is 50.3 Å². The van der Waals surface area contributed by atoms with Crippen LogP contribution in [-0.2, 0) is 14.1 Å². The highest BCUT2D eigenvalue weighted by atomic mass is 14.9. The molecule has 2 nitrogen and oxygen atoms in total. The van der Waals surface area contributed by atoms with Gasteiger partial charge in [-0.25, -0.2) is 9.13 Å². The van der Waals surface area contributed by atoms with Crippen molar-refractivity contribution in [2.75, 3.05) is 0 Å². The zero-order valence-corrected chi connectivity index (χ0v) is 19.6. The Kier molecular flexibility index (Phi) is 5.93. The monoisotopic (exact) mass is 388 g/mol. The summed E-state index contributed by atoms with van der Waals surface area (Å²) in [5.74, 6) is 1.03. The molecule has 0 atom stereocenters. The molecule has 2 heterocycles. The maximum Gasteiger partial charge on any atom is 0.213 e. The highest BCUT2D eigenvalue weighted by Gasteiger charge is 2.24. The van der Waals surface area contributed by atoms with E-state index in [0.717, 1.165) is 0 Å². The summed E-state index contributed by atoms with van der Waals surface area (Å²) < 4.78 is 4.51. The van der Waals surface area contributed by atoms with Crippen LogP contribution in [0.2, 0.25) is 0 Å². The third-order valence-electron chi connectivity index (χ3n) is 6.17. The molecule has 0 saturated carbocycles. The quantitative estimate of drug-likeness (QED) is 0.496. The number of hydrogen-bond donors (Lipinski definition) is 0. The Morgan fingerprint density at radius 1 is 0.621 bits per heavy atom. The molecule has 3 rings (SSSR count). The molecule has 0 aliphatic heterocycles. The summed E-state index contributed by atoms with van der Waals surface area (Å²) in [5.41, 5.74) is 12.1. The van der Waals surface area contributed by atoms with Crippen LogP contribution in [0.4, 0.5) is 0 Å². The summed E-state index contributed by atoms with van der Waals surface area (Å²) in [6.45, 7) is 15.8. The molecule has 0 spiro atoms. The van der Waals surface area contributed by atoms with Crippen LogP contribution in [0.3, 0.4) is 0 Å². The normalized spacial score (nSPS) is 11.6. The predicted molar refractivity (Wildman–Crippen MR) is 122 cm³/mol. The zero-order valence-electron chi connectivity index (χ0n) is 19.6. The third-order valence-corrected chi connectivity index (χ3v) is 6.17. The van der Waals surface area contributed by atoms with Gasteiger partial charge in [0.05, 0.1) is 11.1 Å². The van der Waals surface area contributed by atoms with Gasteiger partial charge in [-0.3, -0.25) is 0 Å². The van der Waals surface area contributed by atoms with E-state index >= 15 is 0 Å². The van der Waals surface area contributed by atoms with Crippen molar-refractivity contribution in [3.8, 4) is 22.5 Å². The van der Waals surface area contributed by atoms with Crippen molar-refractivity contribution in [1.29, 1.82) is 0 Å². The fraction of sp³-hybridized carbons (Fsp3) is 0.407. The van der Waals surface area contributed by atoms with Gasteiger partial charge in [0.1, 0.15) is 14.1 Å². The minimum absolute atomic E-state index is 0.515. The topological polar surface area (TPSA) is 7.76 Å². The van der Waals surface area contributed by atoms with Gasteiger partial charge in [-0.2, -0.15) is 0 Å². The summed E-state index contributed by atoms with van der Waals surface area (Å²) in [6, 6.07) is 11.6. The number of aryl methyl sites for hydroxylation is 4. The molecule has 29 heavy (non-hydrogen) atoms. The van der Waals surface area contributed by atoms with Crippen LogP contribution >= 0.6 is 0 Å².